The molecule has 0 radical (unpaired) electrons. The zero-order chi connectivity index (χ0) is 21.7. The number of ether oxygens (including phenoxy) is 1. The predicted octanol–water partition coefficient (Wildman–Crippen LogP) is 0.884. The van der Waals surface area contributed by atoms with Crippen molar-refractivity contribution in [3.63, 3.8) is 0 Å². The van der Waals surface area contributed by atoms with Gasteiger partial charge in [0.2, 0.25) is 5.91 Å². The van der Waals surface area contributed by atoms with Crippen molar-refractivity contribution in [3.05, 3.63) is 68.1 Å². The number of carbonyl (C=O) groups is 3. The van der Waals surface area contributed by atoms with E-state index in [1.165, 1.54) is 29.2 Å². The molecular weight excluding hydrogens is 384 g/mol. The van der Waals surface area contributed by atoms with Crippen LogP contribution in [0.1, 0.15) is 20.7 Å². The van der Waals surface area contributed by atoms with Crippen LogP contribution in [0.5, 0.6) is 0 Å². The highest BCUT2D eigenvalue weighted by molar-refractivity contribution is 5.95. The number of amides is 2. The van der Waals surface area contributed by atoms with Gasteiger partial charge in [0.1, 0.15) is 6.54 Å². The van der Waals surface area contributed by atoms with Gasteiger partial charge in [0.25, 0.3) is 5.91 Å². The van der Waals surface area contributed by atoms with Gasteiger partial charge in [-0.05, 0) is 24.3 Å². The summed E-state index contributed by atoms with van der Waals surface area (Å²) in [6, 6.07) is 6.85. The number of nitro groups is 1. The van der Waals surface area contributed by atoms with Crippen molar-refractivity contribution in [1.29, 1.82) is 0 Å². The summed E-state index contributed by atoms with van der Waals surface area (Å²) in [5, 5.41) is 13.6. The number of nitrogens with zero attached hydrogens (tertiary/aromatic N) is 3. The Kier molecular flexibility index (Phi) is 6.44. The number of nitrogens with one attached hydrogen (secondary N) is 1. The molecule has 11 nitrogen and oxygen atoms in total. The molecule has 0 aliphatic carbocycles. The van der Waals surface area contributed by atoms with Gasteiger partial charge in [0, 0.05) is 37.6 Å². The molecule has 152 valence electrons. The van der Waals surface area contributed by atoms with E-state index in [0.29, 0.717) is 11.3 Å². The SMILES string of the molecule is COC(=O)c1cc([N+](=O)[O-])c(=O)n(CC(=O)Nc2ccc(C(=O)N(C)C)cc2)c1. The van der Waals surface area contributed by atoms with Gasteiger partial charge in [0.05, 0.1) is 17.6 Å². The van der Waals surface area contributed by atoms with Crippen molar-refractivity contribution in [2.45, 2.75) is 6.54 Å². The summed E-state index contributed by atoms with van der Waals surface area (Å²) in [5.41, 5.74) is -1.35. The number of pyridine rings is 1. The molecule has 0 atom stereocenters. The molecule has 2 amide bonds. The smallest absolute Gasteiger partial charge is 0.339 e. The molecule has 1 heterocycles. The van der Waals surface area contributed by atoms with Gasteiger partial charge in [-0.25, -0.2) is 4.79 Å². The van der Waals surface area contributed by atoms with Crippen LogP contribution in [0.15, 0.2) is 41.3 Å². The lowest BCUT2D eigenvalue weighted by atomic mass is 10.2. The van der Waals surface area contributed by atoms with Crippen LogP contribution in [0.3, 0.4) is 0 Å². The van der Waals surface area contributed by atoms with Gasteiger partial charge in [-0.3, -0.25) is 29.1 Å². The minimum atomic E-state index is -1.04. The number of esters is 1. The van der Waals surface area contributed by atoms with Crippen LogP contribution in [0.2, 0.25) is 0 Å². The molecule has 11 heteroatoms. The predicted molar refractivity (Wildman–Crippen MR) is 102 cm³/mol. The number of aromatic nitrogens is 1. The van der Waals surface area contributed by atoms with E-state index in [4.69, 9.17) is 0 Å². The fourth-order valence-corrected chi connectivity index (χ4v) is 2.41. The first-order chi connectivity index (χ1) is 13.6. The molecule has 0 spiro atoms. The molecule has 0 aliphatic rings. The summed E-state index contributed by atoms with van der Waals surface area (Å²) in [4.78, 5) is 59.5. The topological polar surface area (TPSA) is 141 Å². The van der Waals surface area contributed by atoms with Gasteiger partial charge in [-0.15, -0.1) is 0 Å². The average molecular weight is 402 g/mol. The van der Waals surface area contributed by atoms with E-state index in [-0.39, 0.29) is 11.5 Å². The average Bonchev–Trinajstić information content (AvgIpc) is 2.68. The normalized spacial score (nSPS) is 10.2. The summed E-state index contributed by atoms with van der Waals surface area (Å²) < 4.78 is 5.26. The Hall–Kier alpha value is -4.02. The Bertz CT molecular complexity index is 1030. The minimum Gasteiger partial charge on any atom is -0.465 e. The fraction of sp³-hybridized carbons (Fsp3) is 0.222. The summed E-state index contributed by atoms with van der Waals surface area (Å²) in [7, 11) is 4.30. The second kappa shape index (κ2) is 8.78. The van der Waals surface area contributed by atoms with Crippen molar-refractivity contribution in [3.8, 4) is 0 Å². The largest absolute Gasteiger partial charge is 0.465 e. The number of anilines is 1. The number of hydrogen-bond donors (Lipinski definition) is 1. The molecule has 1 aromatic heterocycles. The Morgan fingerprint density at radius 1 is 1.17 bits per heavy atom. The van der Waals surface area contributed by atoms with Crippen LogP contribution in [0.25, 0.3) is 0 Å². The lowest BCUT2D eigenvalue weighted by Crippen LogP contribution is -2.29. The Labute approximate surface area is 164 Å². The van der Waals surface area contributed by atoms with Crippen LogP contribution >= 0.6 is 0 Å². The third-order valence-corrected chi connectivity index (χ3v) is 3.82. The summed E-state index contributed by atoms with van der Waals surface area (Å²) in [6.07, 6.45) is 1.01. The number of hydrogen-bond acceptors (Lipinski definition) is 7. The molecule has 0 saturated carbocycles. The molecule has 1 N–H and O–H groups in total. The van der Waals surface area contributed by atoms with E-state index in [1.54, 1.807) is 14.1 Å². The maximum atomic E-state index is 12.3. The monoisotopic (exact) mass is 402 g/mol. The van der Waals surface area contributed by atoms with Crippen molar-refractivity contribution in [2.75, 3.05) is 26.5 Å². The highest BCUT2D eigenvalue weighted by atomic mass is 16.6. The summed E-state index contributed by atoms with van der Waals surface area (Å²) >= 11 is 0. The number of benzene rings is 1. The van der Waals surface area contributed by atoms with E-state index in [1.807, 2.05) is 0 Å². The number of methoxy groups -OCH3 is 1. The lowest BCUT2D eigenvalue weighted by Gasteiger charge is -2.11. The van der Waals surface area contributed by atoms with Gasteiger partial charge < -0.3 is 15.0 Å². The van der Waals surface area contributed by atoms with Gasteiger partial charge in [0.15, 0.2) is 0 Å². The Morgan fingerprint density at radius 2 is 1.79 bits per heavy atom. The number of rotatable bonds is 6. The Balaban J connectivity index is 2.23. The molecule has 0 bridgehead atoms. The molecule has 2 rings (SSSR count). The summed E-state index contributed by atoms with van der Waals surface area (Å²) in [5.74, 6) is -1.75. The summed E-state index contributed by atoms with van der Waals surface area (Å²) in [6.45, 7) is -0.567. The van der Waals surface area contributed by atoms with Gasteiger partial charge in [-0.2, -0.15) is 0 Å². The van der Waals surface area contributed by atoms with E-state index in [2.05, 4.69) is 10.1 Å². The first-order valence-corrected chi connectivity index (χ1v) is 8.22. The molecule has 0 unspecified atom stereocenters. The van der Waals surface area contributed by atoms with Gasteiger partial charge in [-0.1, -0.05) is 0 Å². The minimum absolute atomic E-state index is 0.207. The van der Waals surface area contributed by atoms with Crippen molar-refractivity contribution < 1.29 is 24.0 Å². The van der Waals surface area contributed by atoms with Crippen LogP contribution in [-0.2, 0) is 16.1 Å². The molecule has 1 aromatic carbocycles. The fourth-order valence-electron chi connectivity index (χ4n) is 2.41. The zero-order valence-corrected chi connectivity index (χ0v) is 15.9. The molecule has 0 aliphatic heterocycles. The van der Waals surface area contributed by atoms with Crippen molar-refractivity contribution >= 4 is 29.2 Å². The first kappa shape index (κ1) is 21.3. The third kappa shape index (κ3) is 5.03. The highest BCUT2D eigenvalue weighted by Crippen LogP contribution is 2.12. The van der Waals surface area contributed by atoms with Crippen molar-refractivity contribution in [1.82, 2.24) is 9.47 Å². The second-order valence-corrected chi connectivity index (χ2v) is 6.12. The maximum absolute atomic E-state index is 12.3. The van der Waals surface area contributed by atoms with E-state index < -0.39 is 34.6 Å². The van der Waals surface area contributed by atoms with E-state index >= 15 is 0 Å². The lowest BCUT2D eigenvalue weighted by molar-refractivity contribution is -0.386. The van der Waals surface area contributed by atoms with Crippen LogP contribution in [0.4, 0.5) is 11.4 Å². The van der Waals surface area contributed by atoms with Crippen LogP contribution in [0, 0.1) is 10.1 Å². The molecule has 2 aromatic rings. The molecule has 0 fully saturated rings. The molecular formula is C18H18N4O7. The first-order valence-electron chi connectivity index (χ1n) is 8.22. The highest BCUT2D eigenvalue weighted by Gasteiger charge is 2.21. The van der Waals surface area contributed by atoms with Crippen LogP contribution < -0.4 is 10.9 Å². The third-order valence-electron chi connectivity index (χ3n) is 3.82. The quantitative estimate of drug-likeness (QED) is 0.429. The van der Waals surface area contributed by atoms with E-state index in [0.717, 1.165) is 23.9 Å². The standard InChI is InChI=1S/C18H18N4O7/c1-20(2)16(24)11-4-6-13(7-5-11)19-15(23)10-21-9-12(18(26)29-3)8-14(17(21)25)22(27)28/h4-9H,10H2,1-3H3,(H,19,23). The van der Waals surface area contributed by atoms with Gasteiger partial charge >= 0.3 is 17.2 Å². The van der Waals surface area contributed by atoms with Crippen molar-refractivity contribution in [2.24, 2.45) is 0 Å². The maximum Gasteiger partial charge on any atom is 0.339 e. The van der Waals surface area contributed by atoms with E-state index in [9.17, 15) is 29.3 Å². The van der Waals surface area contributed by atoms with Crippen LogP contribution in [-0.4, -0.2) is 53.4 Å². The Morgan fingerprint density at radius 3 is 2.31 bits per heavy atom. The molecule has 29 heavy (non-hydrogen) atoms. The zero-order valence-electron chi connectivity index (χ0n) is 15.9. The second-order valence-electron chi connectivity index (χ2n) is 6.12. The number of carbonyl (C=O) groups excluding carboxylic acids is 3. The molecule has 0 saturated heterocycles.